The normalized spacial score (nSPS) is 11.3. The maximum absolute atomic E-state index is 6.27. The van der Waals surface area contributed by atoms with Crippen LogP contribution in [-0.2, 0) is 0 Å². The summed E-state index contributed by atoms with van der Waals surface area (Å²) in [6, 6.07) is 18.0. The molecule has 4 aromatic rings. The predicted molar refractivity (Wildman–Crippen MR) is 87.6 cm³/mol. The minimum atomic E-state index is 0.593. The fraction of sp³-hybridized carbons (Fsp3) is 0. The van der Waals surface area contributed by atoms with Crippen LogP contribution in [0, 0.1) is 0 Å². The number of nitrogens with two attached hydrogens (primary N) is 1. The van der Waals surface area contributed by atoms with Gasteiger partial charge in [-0.3, -0.25) is 4.40 Å². The molecule has 4 heteroatoms. The number of hydrogen-bond donors (Lipinski definition) is 1. The Morgan fingerprint density at radius 1 is 0.952 bits per heavy atom. The number of imidazole rings is 1. The van der Waals surface area contributed by atoms with Crippen molar-refractivity contribution in [2.75, 3.05) is 5.73 Å². The molecule has 0 aliphatic carbocycles. The molecule has 2 aromatic carbocycles. The standard InChI is InChI=1S/C17H12ClN3/c18-14-9-4-10-21-16(19)15(20-17(14)21)13-8-3-6-11-5-1-2-7-12(11)13/h1-10H,19H2. The van der Waals surface area contributed by atoms with E-state index >= 15 is 0 Å². The first-order valence-electron chi connectivity index (χ1n) is 6.66. The van der Waals surface area contributed by atoms with Gasteiger partial charge in [0.1, 0.15) is 11.5 Å². The van der Waals surface area contributed by atoms with Crippen LogP contribution in [-0.4, -0.2) is 9.38 Å². The summed E-state index contributed by atoms with van der Waals surface area (Å²) in [5, 5.41) is 2.89. The number of nitrogens with zero attached hydrogens (tertiary/aromatic N) is 2. The van der Waals surface area contributed by atoms with Crippen LogP contribution in [0.4, 0.5) is 5.82 Å². The number of benzene rings is 2. The van der Waals surface area contributed by atoms with Gasteiger partial charge in [0.2, 0.25) is 0 Å². The summed E-state index contributed by atoms with van der Waals surface area (Å²) in [6.07, 6.45) is 1.87. The maximum atomic E-state index is 6.27. The van der Waals surface area contributed by atoms with E-state index in [1.165, 1.54) is 0 Å². The lowest BCUT2D eigenvalue weighted by molar-refractivity contribution is 1.20. The van der Waals surface area contributed by atoms with Crippen LogP contribution < -0.4 is 5.73 Å². The average molecular weight is 294 g/mol. The number of pyridine rings is 1. The number of aromatic nitrogens is 2. The minimum Gasteiger partial charge on any atom is -0.383 e. The Balaban J connectivity index is 2.10. The van der Waals surface area contributed by atoms with E-state index in [9.17, 15) is 0 Å². The Morgan fingerprint density at radius 3 is 2.62 bits per heavy atom. The highest BCUT2D eigenvalue weighted by molar-refractivity contribution is 6.33. The molecule has 0 spiro atoms. The van der Waals surface area contributed by atoms with E-state index in [0.717, 1.165) is 22.0 Å². The molecule has 2 aromatic heterocycles. The molecule has 0 saturated heterocycles. The Bertz CT molecular complexity index is 967. The van der Waals surface area contributed by atoms with E-state index < -0.39 is 0 Å². The Labute approximate surface area is 126 Å². The number of anilines is 1. The number of rotatable bonds is 1. The monoisotopic (exact) mass is 293 g/mol. The molecular weight excluding hydrogens is 282 g/mol. The molecule has 0 atom stereocenters. The highest BCUT2D eigenvalue weighted by Crippen LogP contribution is 2.33. The summed E-state index contributed by atoms with van der Waals surface area (Å²) in [6.45, 7) is 0. The highest BCUT2D eigenvalue weighted by atomic mass is 35.5. The van der Waals surface area contributed by atoms with Crippen LogP contribution in [0.15, 0.2) is 60.8 Å². The first-order valence-corrected chi connectivity index (χ1v) is 7.03. The smallest absolute Gasteiger partial charge is 0.157 e. The quantitative estimate of drug-likeness (QED) is 0.565. The molecule has 3 nitrogen and oxygen atoms in total. The SMILES string of the molecule is Nc1c(-c2cccc3ccccc23)nc2c(Cl)cccn12. The minimum absolute atomic E-state index is 0.593. The number of nitrogen functional groups attached to an aromatic ring is 1. The van der Waals surface area contributed by atoms with Gasteiger partial charge in [-0.15, -0.1) is 0 Å². The van der Waals surface area contributed by atoms with Crippen molar-refractivity contribution in [1.82, 2.24) is 9.38 Å². The largest absolute Gasteiger partial charge is 0.383 e. The third-order valence-electron chi connectivity index (χ3n) is 3.68. The van der Waals surface area contributed by atoms with E-state index in [0.29, 0.717) is 16.5 Å². The third kappa shape index (κ3) is 1.78. The van der Waals surface area contributed by atoms with Crippen LogP contribution in [0.1, 0.15) is 0 Å². The first kappa shape index (κ1) is 12.2. The lowest BCUT2D eigenvalue weighted by atomic mass is 10.0. The number of fused-ring (bicyclic) bond motifs is 2. The van der Waals surface area contributed by atoms with Crippen LogP contribution in [0.2, 0.25) is 5.02 Å². The van der Waals surface area contributed by atoms with Gasteiger partial charge >= 0.3 is 0 Å². The Kier molecular flexibility index (Phi) is 2.62. The predicted octanol–water partition coefficient (Wildman–Crippen LogP) is 4.39. The Morgan fingerprint density at radius 2 is 1.76 bits per heavy atom. The van der Waals surface area contributed by atoms with Crippen LogP contribution in [0.5, 0.6) is 0 Å². The van der Waals surface area contributed by atoms with Gasteiger partial charge in [-0.1, -0.05) is 54.1 Å². The van der Waals surface area contributed by atoms with Gasteiger partial charge in [0.05, 0.1) is 5.02 Å². The molecule has 0 saturated carbocycles. The highest BCUT2D eigenvalue weighted by Gasteiger charge is 2.14. The molecule has 0 radical (unpaired) electrons. The maximum Gasteiger partial charge on any atom is 0.157 e. The van der Waals surface area contributed by atoms with Gasteiger partial charge in [0.25, 0.3) is 0 Å². The van der Waals surface area contributed by atoms with Crippen molar-refractivity contribution in [2.45, 2.75) is 0 Å². The van der Waals surface area contributed by atoms with Crippen molar-refractivity contribution in [3.05, 3.63) is 65.8 Å². The summed E-state index contributed by atoms with van der Waals surface area (Å²) in [4.78, 5) is 4.64. The summed E-state index contributed by atoms with van der Waals surface area (Å²) < 4.78 is 1.82. The zero-order valence-corrected chi connectivity index (χ0v) is 11.9. The van der Waals surface area contributed by atoms with Crippen molar-refractivity contribution < 1.29 is 0 Å². The second-order valence-electron chi connectivity index (χ2n) is 4.92. The molecule has 21 heavy (non-hydrogen) atoms. The summed E-state index contributed by atoms with van der Waals surface area (Å²) in [5.41, 5.74) is 8.74. The second-order valence-corrected chi connectivity index (χ2v) is 5.33. The number of hydrogen-bond acceptors (Lipinski definition) is 2. The van der Waals surface area contributed by atoms with E-state index in [-0.39, 0.29) is 0 Å². The summed E-state index contributed by atoms with van der Waals surface area (Å²) in [7, 11) is 0. The fourth-order valence-corrected chi connectivity index (χ4v) is 2.89. The van der Waals surface area contributed by atoms with E-state index in [1.54, 1.807) is 0 Å². The van der Waals surface area contributed by atoms with Gasteiger partial charge in [-0.2, -0.15) is 0 Å². The van der Waals surface area contributed by atoms with E-state index in [2.05, 4.69) is 23.2 Å². The van der Waals surface area contributed by atoms with E-state index in [1.807, 2.05) is 47.0 Å². The molecule has 0 aliphatic heterocycles. The van der Waals surface area contributed by atoms with Gasteiger partial charge in [-0.25, -0.2) is 4.98 Å². The molecule has 4 rings (SSSR count). The molecule has 0 unspecified atom stereocenters. The van der Waals surface area contributed by atoms with Crippen molar-refractivity contribution in [3.63, 3.8) is 0 Å². The molecule has 0 fully saturated rings. The zero-order chi connectivity index (χ0) is 14.4. The molecule has 0 aliphatic rings. The molecule has 2 N–H and O–H groups in total. The Hall–Kier alpha value is -2.52. The lowest BCUT2D eigenvalue weighted by Gasteiger charge is -2.04. The van der Waals surface area contributed by atoms with Crippen molar-refractivity contribution in [2.24, 2.45) is 0 Å². The van der Waals surface area contributed by atoms with Crippen molar-refractivity contribution in [1.29, 1.82) is 0 Å². The molecule has 0 amide bonds. The van der Waals surface area contributed by atoms with Gasteiger partial charge in [-0.05, 0) is 22.9 Å². The van der Waals surface area contributed by atoms with Gasteiger partial charge in [0, 0.05) is 11.8 Å². The van der Waals surface area contributed by atoms with Crippen LogP contribution in [0.3, 0.4) is 0 Å². The van der Waals surface area contributed by atoms with Crippen LogP contribution in [0.25, 0.3) is 27.7 Å². The van der Waals surface area contributed by atoms with E-state index in [4.69, 9.17) is 17.3 Å². The van der Waals surface area contributed by atoms with Crippen LogP contribution >= 0.6 is 11.6 Å². The topological polar surface area (TPSA) is 43.3 Å². The zero-order valence-electron chi connectivity index (χ0n) is 11.1. The molecule has 102 valence electrons. The summed E-state index contributed by atoms with van der Waals surface area (Å²) >= 11 is 6.21. The number of halogens is 1. The van der Waals surface area contributed by atoms with Crippen molar-refractivity contribution in [3.8, 4) is 11.3 Å². The third-order valence-corrected chi connectivity index (χ3v) is 3.98. The van der Waals surface area contributed by atoms with Gasteiger partial charge < -0.3 is 5.73 Å². The van der Waals surface area contributed by atoms with Crippen molar-refractivity contribution >= 4 is 33.8 Å². The lowest BCUT2D eigenvalue weighted by Crippen LogP contribution is -1.94. The fourth-order valence-electron chi connectivity index (χ4n) is 2.68. The molecular formula is C17H12ClN3. The molecule has 2 heterocycles. The van der Waals surface area contributed by atoms with Gasteiger partial charge in [0.15, 0.2) is 5.65 Å². The summed E-state index contributed by atoms with van der Waals surface area (Å²) in [5.74, 6) is 0.601. The first-order chi connectivity index (χ1) is 10.3. The second kappa shape index (κ2) is 4.50. The molecule has 0 bridgehead atoms. The average Bonchev–Trinajstić information content (AvgIpc) is 2.85.